The number of phenolic OH excluding ortho intramolecular Hbond substituents is 1. The molecule has 3 rings (SSSR count). The maximum Gasteiger partial charge on any atom is 0.273 e. The van der Waals surface area contributed by atoms with Crippen molar-refractivity contribution in [2.45, 2.75) is 17.0 Å². The standard InChI is InChI=1S/C19H17N3O3S2/c1-12-10-26-19(20-12)27-11-13-6-8-14(9-7-13)17(24)21-22-18(25)15-4-2-3-5-16(15)23/h2-10,23H,11H2,1H3,(H,21,24)(H,22,25). The monoisotopic (exact) mass is 399 g/mol. The second kappa shape index (κ2) is 8.70. The fourth-order valence-corrected chi connectivity index (χ4v) is 4.02. The van der Waals surface area contributed by atoms with Crippen LogP contribution in [0.4, 0.5) is 0 Å². The van der Waals surface area contributed by atoms with Crippen LogP contribution in [0.5, 0.6) is 5.75 Å². The van der Waals surface area contributed by atoms with Crippen molar-refractivity contribution in [2.75, 3.05) is 0 Å². The number of hydrogen-bond donors (Lipinski definition) is 3. The lowest BCUT2D eigenvalue weighted by molar-refractivity contribution is 0.0845. The largest absolute Gasteiger partial charge is 0.507 e. The van der Waals surface area contributed by atoms with E-state index in [0.717, 1.165) is 21.3 Å². The van der Waals surface area contributed by atoms with Crippen LogP contribution >= 0.6 is 23.1 Å². The van der Waals surface area contributed by atoms with Gasteiger partial charge in [0.1, 0.15) is 10.1 Å². The number of carbonyl (C=O) groups excluding carboxylic acids is 2. The number of rotatable bonds is 5. The summed E-state index contributed by atoms with van der Waals surface area (Å²) in [5.41, 5.74) is 7.23. The van der Waals surface area contributed by atoms with Gasteiger partial charge in [-0.05, 0) is 36.8 Å². The van der Waals surface area contributed by atoms with E-state index < -0.39 is 11.8 Å². The van der Waals surface area contributed by atoms with Gasteiger partial charge in [-0.15, -0.1) is 11.3 Å². The third-order valence-corrected chi connectivity index (χ3v) is 5.82. The first kappa shape index (κ1) is 18.9. The van der Waals surface area contributed by atoms with E-state index in [4.69, 9.17) is 0 Å². The van der Waals surface area contributed by atoms with Crippen LogP contribution in [-0.2, 0) is 5.75 Å². The highest BCUT2D eigenvalue weighted by molar-refractivity contribution is 8.00. The van der Waals surface area contributed by atoms with Crippen LogP contribution in [0.15, 0.2) is 58.3 Å². The van der Waals surface area contributed by atoms with Crippen LogP contribution in [0.3, 0.4) is 0 Å². The molecule has 27 heavy (non-hydrogen) atoms. The fourth-order valence-electron chi connectivity index (χ4n) is 2.21. The van der Waals surface area contributed by atoms with Gasteiger partial charge < -0.3 is 5.11 Å². The van der Waals surface area contributed by atoms with Gasteiger partial charge in [-0.1, -0.05) is 36.0 Å². The highest BCUT2D eigenvalue weighted by Crippen LogP contribution is 2.26. The van der Waals surface area contributed by atoms with Crippen molar-refractivity contribution in [1.82, 2.24) is 15.8 Å². The number of hydrogen-bond acceptors (Lipinski definition) is 6. The molecular formula is C19H17N3O3S2. The van der Waals surface area contributed by atoms with E-state index >= 15 is 0 Å². The number of hydrazine groups is 1. The molecule has 1 heterocycles. The number of aryl methyl sites for hydroxylation is 1. The quantitative estimate of drug-likeness (QED) is 0.451. The Hall–Kier alpha value is -2.84. The van der Waals surface area contributed by atoms with Crippen molar-refractivity contribution >= 4 is 34.9 Å². The first-order valence-corrected chi connectivity index (χ1v) is 9.92. The number of phenols is 1. The third kappa shape index (κ3) is 5.08. The van der Waals surface area contributed by atoms with E-state index in [2.05, 4.69) is 15.8 Å². The first-order valence-electron chi connectivity index (χ1n) is 8.05. The van der Waals surface area contributed by atoms with Gasteiger partial charge in [0.2, 0.25) is 0 Å². The van der Waals surface area contributed by atoms with Crippen molar-refractivity contribution in [1.29, 1.82) is 0 Å². The average molecular weight is 399 g/mol. The highest BCUT2D eigenvalue weighted by atomic mass is 32.2. The second-order valence-electron chi connectivity index (χ2n) is 5.67. The zero-order chi connectivity index (χ0) is 19.2. The molecule has 8 heteroatoms. The molecule has 3 aromatic rings. The molecule has 2 amide bonds. The van der Waals surface area contributed by atoms with Gasteiger partial charge >= 0.3 is 0 Å². The van der Waals surface area contributed by atoms with Crippen molar-refractivity contribution in [3.63, 3.8) is 0 Å². The summed E-state index contributed by atoms with van der Waals surface area (Å²) in [6, 6.07) is 13.2. The highest BCUT2D eigenvalue weighted by Gasteiger charge is 2.12. The van der Waals surface area contributed by atoms with Gasteiger partial charge in [0.15, 0.2) is 0 Å². The summed E-state index contributed by atoms with van der Waals surface area (Å²) in [4.78, 5) is 28.5. The minimum absolute atomic E-state index is 0.0857. The molecule has 138 valence electrons. The number of thiazole rings is 1. The Morgan fingerprint density at radius 3 is 2.44 bits per heavy atom. The van der Waals surface area contributed by atoms with Crippen LogP contribution in [-0.4, -0.2) is 21.9 Å². The molecule has 0 atom stereocenters. The summed E-state index contributed by atoms with van der Waals surface area (Å²) in [5.74, 6) is -0.415. The molecule has 0 radical (unpaired) electrons. The Balaban J connectivity index is 1.52. The number of benzene rings is 2. The number of nitrogens with one attached hydrogen (secondary N) is 2. The topological polar surface area (TPSA) is 91.3 Å². The summed E-state index contributed by atoms with van der Waals surface area (Å²) in [5, 5.41) is 11.7. The lowest BCUT2D eigenvalue weighted by Gasteiger charge is -2.09. The lowest BCUT2D eigenvalue weighted by atomic mass is 10.1. The average Bonchev–Trinajstić information content (AvgIpc) is 3.10. The molecule has 0 unspecified atom stereocenters. The van der Waals surface area contributed by atoms with E-state index in [9.17, 15) is 14.7 Å². The molecular weight excluding hydrogens is 382 g/mol. The van der Waals surface area contributed by atoms with Crippen LogP contribution < -0.4 is 10.9 Å². The lowest BCUT2D eigenvalue weighted by Crippen LogP contribution is -2.41. The molecule has 0 spiro atoms. The Kier molecular flexibility index (Phi) is 6.10. The predicted molar refractivity (Wildman–Crippen MR) is 106 cm³/mol. The normalized spacial score (nSPS) is 10.4. The number of aromatic hydroxyl groups is 1. The SMILES string of the molecule is Cc1csc(SCc2ccc(C(=O)NNC(=O)c3ccccc3O)cc2)n1. The van der Waals surface area contributed by atoms with Gasteiger partial charge in [-0.3, -0.25) is 20.4 Å². The maximum atomic E-state index is 12.2. The van der Waals surface area contributed by atoms with Gasteiger partial charge in [0.25, 0.3) is 11.8 Å². The van der Waals surface area contributed by atoms with Crippen LogP contribution in [0, 0.1) is 6.92 Å². The molecule has 0 aliphatic heterocycles. The van der Waals surface area contributed by atoms with Gasteiger partial charge in [0.05, 0.1) is 5.56 Å². The molecule has 0 saturated heterocycles. The van der Waals surface area contributed by atoms with Crippen molar-refractivity contribution in [3.8, 4) is 5.75 Å². The first-order chi connectivity index (χ1) is 13.0. The number of carbonyl (C=O) groups is 2. The molecule has 0 saturated carbocycles. The molecule has 0 bridgehead atoms. The minimum atomic E-state index is -0.590. The van der Waals surface area contributed by atoms with E-state index in [1.165, 1.54) is 12.1 Å². The molecule has 0 aliphatic carbocycles. The number of amides is 2. The zero-order valence-corrected chi connectivity index (χ0v) is 16.1. The predicted octanol–water partition coefficient (Wildman–Crippen LogP) is 3.52. The fraction of sp³-hybridized carbons (Fsp3) is 0.105. The molecule has 0 fully saturated rings. The molecule has 0 aliphatic rings. The summed E-state index contributed by atoms with van der Waals surface area (Å²) in [6.45, 7) is 1.96. The minimum Gasteiger partial charge on any atom is -0.507 e. The van der Waals surface area contributed by atoms with E-state index in [-0.39, 0.29) is 11.3 Å². The Morgan fingerprint density at radius 2 is 1.78 bits per heavy atom. The smallest absolute Gasteiger partial charge is 0.273 e. The Labute approximate surface area is 164 Å². The van der Waals surface area contributed by atoms with Crippen molar-refractivity contribution in [3.05, 3.63) is 76.3 Å². The summed E-state index contributed by atoms with van der Waals surface area (Å²) >= 11 is 3.26. The Morgan fingerprint density at radius 1 is 1.07 bits per heavy atom. The molecule has 6 nitrogen and oxygen atoms in total. The van der Waals surface area contributed by atoms with E-state index in [1.54, 1.807) is 47.4 Å². The van der Waals surface area contributed by atoms with Crippen molar-refractivity contribution < 1.29 is 14.7 Å². The zero-order valence-electron chi connectivity index (χ0n) is 14.4. The van der Waals surface area contributed by atoms with Gasteiger partial charge in [0, 0.05) is 22.4 Å². The number of para-hydroxylation sites is 1. The molecule has 2 aromatic carbocycles. The number of thioether (sulfide) groups is 1. The summed E-state index contributed by atoms with van der Waals surface area (Å²) < 4.78 is 1.01. The van der Waals surface area contributed by atoms with E-state index in [1.807, 2.05) is 24.4 Å². The summed E-state index contributed by atoms with van der Waals surface area (Å²) in [7, 11) is 0. The second-order valence-corrected chi connectivity index (χ2v) is 7.75. The molecule has 1 aromatic heterocycles. The number of aromatic nitrogens is 1. The maximum absolute atomic E-state index is 12.2. The van der Waals surface area contributed by atoms with Gasteiger partial charge in [-0.2, -0.15) is 0 Å². The van der Waals surface area contributed by atoms with Crippen molar-refractivity contribution in [2.24, 2.45) is 0 Å². The van der Waals surface area contributed by atoms with E-state index in [0.29, 0.717) is 5.56 Å². The third-order valence-electron chi connectivity index (χ3n) is 3.61. The van der Waals surface area contributed by atoms with Gasteiger partial charge in [-0.25, -0.2) is 4.98 Å². The van der Waals surface area contributed by atoms with Crippen LogP contribution in [0.2, 0.25) is 0 Å². The van der Waals surface area contributed by atoms with Crippen LogP contribution in [0.1, 0.15) is 32.0 Å². The summed E-state index contributed by atoms with van der Waals surface area (Å²) in [6.07, 6.45) is 0. The van der Waals surface area contributed by atoms with Crippen LogP contribution in [0.25, 0.3) is 0 Å². The Bertz CT molecular complexity index is 955. The molecule has 3 N–H and O–H groups in total. The number of nitrogens with zero attached hydrogens (tertiary/aromatic N) is 1.